The normalized spacial score (nSPS) is 16.2. The maximum atomic E-state index is 13.7. The number of amides is 1. The van der Waals surface area contributed by atoms with Crippen molar-refractivity contribution in [1.29, 1.82) is 0 Å². The van der Waals surface area contributed by atoms with Gasteiger partial charge in [0, 0.05) is 37.1 Å². The third-order valence-electron chi connectivity index (χ3n) is 5.16. The molecule has 0 atom stereocenters. The van der Waals surface area contributed by atoms with Crippen molar-refractivity contribution in [3.05, 3.63) is 69.8 Å². The lowest BCUT2D eigenvalue weighted by molar-refractivity contribution is -0.112. The van der Waals surface area contributed by atoms with Gasteiger partial charge in [-0.1, -0.05) is 29.5 Å². The molecule has 3 heterocycles. The molecule has 5 rings (SSSR count). The average molecular weight is 408 g/mol. The smallest absolute Gasteiger partial charge is 0.279 e. The van der Waals surface area contributed by atoms with Crippen LogP contribution in [0.3, 0.4) is 0 Å². The summed E-state index contributed by atoms with van der Waals surface area (Å²) in [4.78, 5) is 25.4. The van der Waals surface area contributed by atoms with Crippen molar-refractivity contribution in [1.82, 2.24) is 4.98 Å². The van der Waals surface area contributed by atoms with E-state index >= 15 is 0 Å². The molecule has 1 aromatic heterocycles. The molecule has 1 saturated heterocycles. The Bertz CT molecular complexity index is 1220. The highest BCUT2D eigenvalue weighted by Gasteiger charge is 2.27. The van der Waals surface area contributed by atoms with E-state index in [1.165, 1.54) is 35.2 Å². The van der Waals surface area contributed by atoms with Gasteiger partial charge in [-0.05, 0) is 30.3 Å². The Morgan fingerprint density at radius 1 is 1.00 bits per heavy atom. The van der Waals surface area contributed by atoms with E-state index in [2.05, 4.69) is 31.9 Å². The number of piperazine rings is 1. The summed E-state index contributed by atoms with van der Waals surface area (Å²) in [6.07, 6.45) is 0. The standard InChI is InChI=1S/C21H17FN4O2S/c22-13-6-7-16-15(12-13)17(19(27)23-16)18-20(28)24-21(29-18)26-10-8-25(9-11-26)14-4-2-1-3-5-14/h1-7,12,28H,8-11H2. The highest BCUT2D eigenvalue weighted by molar-refractivity contribution is 7.17. The third kappa shape index (κ3) is 3.15. The fourth-order valence-electron chi connectivity index (χ4n) is 3.70. The number of para-hydroxylation sites is 1. The summed E-state index contributed by atoms with van der Waals surface area (Å²) in [7, 11) is 0. The number of carbonyl (C=O) groups excluding carboxylic acids is 1. The van der Waals surface area contributed by atoms with Gasteiger partial charge < -0.3 is 14.9 Å². The van der Waals surface area contributed by atoms with Crippen molar-refractivity contribution >= 4 is 33.6 Å². The molecule has 8 heteroatoms. The van der Waals surface area contributed by atoms with Gasteiger partial charge in [-0.25, -0.2) is 9.38 Å². The van der Waals surface area contributed by atoms with Crippen LogP contribution in [0.1, 0.15) is 4.88 Å². The molecule has 0 unspecified atom stereocenters. The van der Waals surface area contributed by atoms with Crippen molar-refractivity contribution in [3.8, 4) is 5.88 Å². The van der Waals surface area contributed by atoms with Crippen LogP contribution < -0.4 is 20.4 Å². The minimum absolute atomic E-state index is 0.212. The van der Waals surface area contributed by atoms with Crippen LogP contribution in [-0.2, 0) is 4.79 Å². The van der Waals surface area contributed by atoms with Crippen LogP contribution in [0, 0.1) is 5.82 Å². The number of benzene rings is 2. The molecule has 2 aliphatic rings. The van der Waals surface area contributed by atoms with Gasteiger partial charge in [0.05, 0.1) is 10.9 Å². The molecule has 1 N–H and O–H groups in total. The number of halogens is 1. The zero-order valence-electron chi connectivity index (χ0n) is 15.4. The second-order valence-electron chi connectivity index (χ2n) is 6.91. The minimum Gasteiger partial charge on any atom is -0.492 e. The van der Waals surface area contributed by atoms with Crippen molar-refractivity contribution in [3.63, 3.8) is 0 Å². The second-order valence-corrected chi connectivity index (χ2v) is 7.89. The number of carbonyl (C=O) groups is 1. The van der Waals surface area contributed by atoms with Gasteiger partial charge in [-0.3, -0.25) is 4.79 Å². The molecule has 2 aliphatic heterocycles. The molecule has 3 aromatic rings. The van der Waals surface area contributed by atoms with E-state index in [-0.39, 0.29) is 11.5 Å². The first-order valence-electron chi connectivity index (χ1n) is 9.28. The van der Waals surface area contributed by atoms with Crippen molar-refractivity contribution < 1.29 is 14.3 Å². The number of hydrogen-bond acceptors (Lipinski definition) is 6. The number of aromatic nitrogens is 1. The quantitative estimate of drug-likeness (QED) is 0.714. The summed E-state index contributed by atoms with van der Waals surface area (Å²) in [5.41, 5.74) is 1.39. The zero-order valence-corrected chi connectivity index (χ0v) is 16.2. The molecule has 1 fully saturated rings. The van der Waals surface area contributed by atoms with Gasteiger partial charge in [-0.15, -0.1) is 0 Å². The van der Waals surface area contributed by atoms with Crippen LogP contribution in [0.2, 0.25) is 0 Å². The summed E-state index contributed by atoms with van der Waals surface area (Å²) in [5.74, 6) is -1.15. The molecule has 0 radical (unpaired) electrons. The first-order valence-corrected chi connectivity index (χ1v) is 10.1. The van der Waals surface area contributed by atoms with Crippen molar-refractivity contribution in [2.45, 2.75) is 0 Å². The highest BCUT2D eigenvalue weighted by Crippen LogP contribution is 2.36. The number of nitrogens with zero attached hydrogens (tertiary/aromatic N) is 4. The lowest BCUT2D eigenvalue weighted by atomic mass is 10.1. The fourth-order valence-corrected chi connectivity index (χ4v) is 4.76. The van der Waals surface area contributed by atoms with Crippen LogP contribution in [0.25, 0.3) is 5.57 Å². The van der Waals surface area contributed by atoms with Crippen LogP contribution in [0.4, 0.5) is 15.2 Å². The molecule has 0 saturated carbocycles. The lowest BCUT2D eigenvalue weighted by Gasteiger charge is -2.35. The van der Waals surface area contributed by atoms with Crippen molar-refractivity contribution in [2.24, 2.45) is 4.99 Å². The van der Waals surface area contributed by atoms with Gasteiger partial charge in [0.25, 0.3) is 5.91 Å². The third-order valence-corrected chi connectivity index (χ3v) is 6.28. The monoisotopic (exact) mass is 408 g/mol. The number of fused-ring (bicyclic) bond motifs is 1. The Morgan fingerprint density at radius 2 is 1.72 bits per heavy atom. The number of rotatable bonds is 3. The van der Waals surface area contributed by atoms with Gasteiger partial charge >= 0.3 is 0 Å². The average Bonchev–Trinajstić information content (AvgIpc) is 3.27. The Balaban J connectivity index is 1.43. The van der Waals surface area contributed by atoms with E-state index in [1.807, 2.05) is 18.2 Å². The lowest BCUT2D eigenvalue weighted by Crippen LogP contribution is -2.46. The van der Waals surface area contributed by atoms with E-state index in [4.69, 9.17) is 0 Å². The van der Waals surface area contributed by atoms with E-state index < -0.39 is 11.7 Å². The van der Waals surface area contributed by atoms with E-state index in [0.717, 1.165) is 26.2 Å². The van der Waals surface area contributed by atoms with Crippen molar-refractivity contribution in [2.75, 3.05) is 36.0 Å². The maximum Gasteiger partial charge on any atom is 0.279 e. The summed E-state index contributed by atoms with van der Waals surface area (Å²) < 4.78 is 13.7. The Hall–Kier alpha value is -3.26. The molecule has 0 bridgehead atoms. The van der Waals surface area contributed by atoms with Gasteiger partial charge in [-0.2, -0.15) is 4.98 Å². The molecular formula is C21H17FN4O2S. The molecule has 0 spiro atoms. The largest absolute Gasteiger partial charge is 0.492 e. The van der Waals surface area contributed by atoms with E-state index in [1.54, 1.807) is 0 Å². The summed E-state index contributed by atoms with van der Waals surface area (Å²) in [6, 6.07) is 14.2. The fraction of sp³-hybridized carbons (Fsp3) is 0.190. The number of hydrogen-bond donors (Lipinski definition) is 1. The van der Waals surface area contributed by atoms with Crippen LogP contribution in [0.15, 0.2) is 53.5 Å². The highest BCUT2D eigenvalue weighted by atomic mass is 32.1. The molecule has 1 amide bonds. The molecular weight excluding hydrogens is 391 g/mol. The van der Waals surface area contributed by atoms with E-state index in [0.29, 0.717) is 20.6 Å². The first kappa shape index (κ1) is 17.8. The van der Waals surface area contributed by atoms with Crippen LogP contribution >= 0.6 is 11.3 Å². The zero-order chi connectivity index (χ0) is 20.0. The van der Waals surface area contributed by atoms with Gasteiger partial charge in [0.2, 0.25) is 5.88 Å². The SMILES string of the molecule is O=C1N=c2ccc(F)cc2=C1c1sc(N2CCN(c3ccccc3)CC2)nc1O. The van der Waals surface area contributed by atoms with Gasteiger partial charge in [0.15, 0.2) is 5.13 Å². The molecule has 2 aromatic carbocycles. The number of anilines is 2. The summed E-state index contributed by atoms with van der Waals surface area (Å²) in [5, 5.41) is 11.9. The van der Waals surface area contributed by atoms with Gasteiger partial charge in [0.1, 0.15) is 10.7 Å². The van der Waals surface area contributed by atoms with Crippen LogP contribution in [0.5, 0.6) is 5.88 Å². The predicted molar refractivity (Wildman–Crippen MR) is 109 cm³/mol. The van der Waals surface area contributed by atoms with Crippen LogP contribution in [-0.4, -0.2) is 42.2 Å². The second kappa shape index (κ2) is 6.97. The molecule has 146 valence electrons. The number of thiazole rings is 1. The maximum absolute atomic E-state index is 13.7. The Labute approximate surface area is 169 Å². The minimum atomic E-state index is -0.481. The topological polar surface area (TPSA) is 69.0 Å². The first-order chi connectivity index (χ1) is 14.1. The molecule has 0 aliphatic carbocycles. The summed E-state index contributed by atoms with van der Waals surface area (Å²) >= 11 is 1.24. The number of aromatic hydroxyl groups is 1. The Kier molecular flexibility index (Phi) is 4.28. The summed E-state index contributed by atoms with van der Waals surface area (Å²) in [6.45, 7) is 3.16. The van der Waals surface area contributed by atoms with E-state index in [9.17, 15) is 14.3 Å². The predicted octanol–water partition coefficient (Wildman–Crippen LogP) is 1.67. The molecule has 29 heavy (non-hydrogen) atoms. The Morgan fingerprint density at radius 3 is 2.48 bits per heavy atom. The molecule has 6 nitrogen and oxygen atoms in total.